The fourth-order valence-electron chi connectivity index (χ4n) is 2.91. The standard InChI is InChI=1S/C24H22N2O4/c1-17(28)19-7-10-24(20(13-19)5-3-11-27)29-16-18-4-2-6-22(12-18)30-23-9-8-21(14-25)26-15-23/h2,4,6-10,12-13,15,27H,3,5,11,16H2,1H3. The van der Waals surface area contributed by atoms with Crippen LogP contribution < -0.4 is 9.47 Å². The Hall–Kier alpha value is -3.69. The minimum Gasteiger partial charge on any atom is -0.489 e. The normalized spacial score (nSPS) is 10.3. The summed E-state index contributed by atoms with van der Waals surface area (Å²) in [6, 6.07) is 18.1. The summed E-state index contributed by atoms with van der Waals surface area (Å²) in [5.41, 5.74) is 2.77. The number of Topliss-reactive ketones (excluding diaryl/α,β-unsaturated/α-hetero) is 1. The van der Waals surface area contributed by atoms with E-state index < -0.39 is 0 Å². The first-order chi connectivity index (χ1) is 14.6. The van der Waals surface area contributed by atoms with E-state index in [0.717, 1.165) is 11.1 Å². The van der Waals surface area contributed by atoms with Crippen molar-refractivity contribution in [3.8, 4) is 23.3 Å². The van der Waals surface area contributed by atoms with Crippen molar-refractivity contribution in [2.24, 2.45) is 0 Å². The Morgan fingerprint density at radius 2 is 2.00 bits per heavy atom. The molecule has 0 amide bonds. The molecule has 1 aromatic heterocycles. The number of pyridine rings is 1. The number of ketones is 1. The van der Waals surface area contributed by atoms with Crippen molar-refractivity contribution in [3.05, 3.63) is 83.2 Å². The maximum atomic E-state index is 11.7. The maximum Gasteiger partial charge on any atom is 0.159 e. The molecular weight excluding hydrogens is 380 g/mol. The van der Waals surface area contributed by atoms with E-state index in [-0.39, 0.29) is 12.4 Å². The van der Waals surface area contributed by atoms with Gasteiger partial charge >= 0.3 is 0 Å². The summed E-state index contributed by atoms with van der Waals surface area (Å²) in [5.74, 6) is 1.86. The average molecular weight is 402 g/mol. The topological polar surface area (TPSA) is 92.4 Å². The zero-order chi connectivity index (χ0) is 21.3. The van der Waals surface area contributed by atoms with Crippen molar-refractivity contribution in [1.29, 1.82) is 5.26 Å². The van der Waals surface area contributed by atoms with Crippen molar-refractivity contribution in [2.75, 3.05) is 6.61 Å². The number of nitriles is 1. The molecule has 0 fully saturated rings. The highest BCUT2D eigenvalue weighted by atomic mass is 16.5. The Morgan fingerprint density at radius 1 is 1.13 bits per heavy atom. The summed E-state index contributed by atoms with van der Waals surface area (Å²) in [6.45, 7) is 1.93. The van der Waals surface area contributed by atoms with Gasteiger partial charge in [-0.2, -0.15) is 5.26 Å². The number of benzene rings is 2. The van der Waals surface area contributed by atoms with Crippen molar-refractivity contribution in [2.45, 2.75) is 26.4 Å². The van der Waals surface area contributed by atoms with Crippen LogP contribution in [0.25, 0.3) is 0 Å². The lowest BCUT2D eigenvalue weighted by atomic mass is 10.0. The highest BCUT2D eigenvalue weighted by Crippen LogP contribution is 2.25. The van der Waals surface area contributed by atoms with Gasteiger partial charge in [-0.3, -0.25) is 4.79 Å². The number of aliphatic hydroxyl groups excluding tert-OH is 1. The Balaban J connectivity index is 1.70. The number of nitrogens with zero attached hydrogens (tertiary/aromatic N) is 2. The molecule has 0 aliphatic rings. The minimum atomic E-state index is -0.00561. The van der Waals surface area contributed by atoms with Crippen LogP contribution in [0.2, 0.25) is 0 Å². The van der Waals surface area contributed by atoms with Gasteiger partial charge < -0.3 is 14.6 Å². The van der Waals surface area contributed by atoms with Crippen LogP contribution in [0.5, 0.6) is 17.2 Å². The molecule has 2 aromatic carbocycles. The number of hydrogen-bond acceptors (Lipinski definition) is 6. The number of carbonyl (C=O) groups excluding carboxylic acids is 1. The van der Waals surface area contributed by atoms with Gasteiger partial charge in [-0.25, -0.2) is 4.98 Å². The first-order valence-electron chi connectivity index (χ1n) is 9.59. The smallest absolute Gasteiger partial charge is 0.159 e. The second kappa shape index (κ2) is 10.2. The molecule has 0 radical (unpaired) electrons. The molecule has 0 saturated carbocycles. The maximum absolute atomic E-state index is 11.7. The Bertz CT molecular complexity index is 1060. The average Bonchev–Trinajstić information content (AvgIpc) is 2.77. The van der Waals surface area contributed by atoms with E-state index in [2.05, 4.69) is 4.98 Å². The minimum absolute atomic E-state index is 0.00561. The fourth-order valence-corrected chi connectivity index (χ4v) is 2.91. The van der Waals surface area contributed by atoms with Gasteiger partial charge in [-0.15, -0.1) is 0 Å². The predicted octanol–water partition coefficient (Wildman–Crippen LogP) is 4.45. The molecule has 1 heterocycles. The van der Waals surface area contributed by atoms with Crippen LogP contribution in [0.15, 0.2) is 60.8 Å². The number of aromatic nitrogens is 1. The molecule has 0 aliphatic heterocycles. The van der Waals surface area contributed by atoms with Crippen LogP contribution in [-0.4, -0.2) is 22.5 Å². The van der Waals surface area contributed by atoms with Gasteiger partial charge in [0.1, 0.15) is 35.6 Å². The van der Waals surface area contributed by atoms with Crippen LogP contribution in [0.4, 0.5) is 0 Å². The molecule has 152 valence electrons. The molecule has 3 aromatic rings. The molecule has 0 saturated heterocycles. The molecule has 0 aliphatic carbocycles. The highest BCUT2D eigenvalue weighted by molar-refractivity contribution is 5.94. The van der Waals surface area contributed by atoms with Crippen molar-refractivity contribution in [1.82, 2.24) is 4.98 Å². The van der Waals surface area contributed by atoms with Gasteiger partial charge in [0, 0.05) is 12.2 Å². The van der Waals surface area contributed by atoms with Crippen LogP contribution in [0.3, 0.4) is 0 Å². The molecule has 6 nitrogen and oxygen atoms in total. The Labute approximate surface area is 175 Å². The van der Waals surface area contributed by atoms with Crippen LogP contribution in [0, 0.1) is 11.3 Å². The van der Waals surface area contributed by atoms with Crippen molar-refractivity contribution >= 4 is 5.78 Å². The quantitative estimate of drug-likeness (QED) is 0.532. The molecule has 0 unspecified atom stereocenters. The third-order valence-electron chi connectivity index (χ3n) is 4.45. The van der Waals surface area contributed by atoms with E-state index in [1.165, 1.54) is 13.1 Å². The van der Waals surface area contributed by atoms with Gasteiger partial charge in [-0.1, -0.05) is 12.1 Å². The van der Waals surface area contributed by atoms with Gasteiger partial charge in [-0.05, 0) is 73.4 Å². The van der Waals surface area contributed by atoms with E-state index in [4.69, 9.17) is 19.8 Å². The first kappa shape index (κ1) is 21.0. The zero-order valence-corrected chi connectivity index (χ0v) is 16.7. The lowest BCUT2D eigenvalue weighted by Gasteiger charge is -2.13. The van der Waals surface area contributed by atoms with Crippen molar-refractivity contribution < 1.29 is 19.4 Å². The molecule has 0 bridgehead atoms. The number of carbonyl (C=O) groups is 1. The summed E-state index contributed by atoms with van der Waals surface area (Å²) < 4.78 is 11.8. The lowest BCUT2D eigenvalue weighted by molar-refractivity contribution is 0.101. The summed E-state index contributed by atoms with van der Waals surface area (Å²) in [7, 11) is 0. The summed E-state index contributed by atoms with van der Waals surface area (Å²) in [5, 5.41) is 18.0. The third kappa shape index (κ3) is 5.66. The third-order valence-corrected chi connectivity index (χ3v) is 4.45. The first-order valence-corrected chi connectivity index (χ1v) is 9.59. The molecule has 1 N–H and O–H groups in total. The van der Waals surface area contributed by atoms with Gasteiger partial charge in [0.15, 0.2) is 5.78 Å². The Kier molecular flexibility index (Phi) is 7.14. The summed E-state index contributed by atoms with van der Waals surface area (Å²) in [6.07, 6.45) is 2.73. The number of hydrogen-bond donors (Lipinski definition) is 1. The molecule has 3 rings (SSSR count). The lowest BCUT2D eigenvalue weighted by Crippen LogP contribution is -2.02. The van der Waals surface area contributed by atoms with Crippen LogP contribution >= 0.6 is 0 Å². The summed E-state index contributed by atoms with van der Waals surface area (Å²) >= 11 is 0. The van der Waals surface area contributed by atoms with Gasteiger partial charge in [0.05, 0.1) is 6.20 Å². The highest BCUT2D eigenvalue weighted by Gasteiger charge is 2.09. The van der Waals surface area contributed by atoms with E-state index in [0.29, 0.717) is 48.0 Å². The molecule has 0 spiro atoms. The second-order valence-corrected chi connectivity index (χ2v) is 6.73. The predicted molar refractivity (Wildman–Crippen MR) is 112 cm³/mol. The largest absolute Gasteiger partial charge is 0.489 e. The number of aryl methyl sites for hydroxylation is 1. The summed E-state index contributed by atoms with van der Waals surface area (Å²) in [4.78, 5) is 15.7. The SMILES string of the molecule is CC(=O)c1ccc(OCc2cccc(Oc3ccc(C#N)nc3)c2)c(CCCO)c1. The van der Waals surface area contributed by atoms with Crippen LogP contribution in [0.1, 0.15) is 40.5 Å². The molecule has 0 atom stereocenters. The van der Waals surface area contributed by atoms with E-state index in [1.54, 1.807) is 24.3 Å². The van der Waals surface area contributed by atoms with Gasteiger partial charge in [0.2, 0.25) is 0 Å². The van der Waals surface area contributed by atoms with Crippen LogP contribution in [-0.2, 0) is 13.0 Å². The number of aliphatic hydroxyl groups is 1. The number of ether oxygens (including phenoxy) is 2. The van der Waals surface area contributed by atoms with E-state index in [9.17, 15) is 4.79 Å². The Morgan fingerprint density at radius 3 is 2.70 bits per heavy atom. The molecular formula is C24H22N2O4. The zero-order valence-electron chi connectivity index (χ0n) is 16.7. The fraction of sp³-hybridized carbons (Fsp3) is 0.208. The van der Waals surface area contributed by atoms with Gasteiger partial charge in [0.25, 0.3) is 0 Å². The molecule has 30 heavy (non-hydrogen) atoms. The second-order valence-electron chi connectivity index (χ2n) is 6.73. The monoisotopic (exact) mass is 402 g/mol. The van der Waals surface area contributed by atoms with E-state index in [1.807, 2.05) is 36.4 Å². The van der Waals surface area contributed by atoms with Crippen molar-refractivity contribution in [3.63, 3.8) is 0 Å². The van der Waals surface area contributed by atoms with E-state index >= 15 is 0 Å². The number of rotatable bonds is 9. The molecule has 6 heteroatoms.